The number of likely N-dealkylation sites (tertiary alicyclic amines) is 1. The fraction of sp³-hybridized carbons (Fsp3) is 0.533. The lowest BCUT2D eigenvalue weighted by atomic mass is 9.90. The summed E-state index contributed by atoms with van der Waals surface area (Å²) in [6.07, 6.45) is 3.31. The second kappa shape index (κ2) is 6.01. The monoisotopic (exact) mass is 247 g/mol. The van der Waals surface area contributed by atoms with E-state index in [1.807, 2.05) is 12.1 Å². The highest BCUT2D eigenvalue weighted by atomic mass is 16.3. The van der Waals surface area contributed by atoms with Gasteiger partial charge in [0.15, 0.2) is 0 Å². The quantitative estimate of drug-likeness (QED) is 0.887. The number of carbonyl (C=O) groups is 1. The number of rotatable bonds is 4. The van der Waals surface area contributed by atoms with Gasteiger partial charge < -0.3 is 5.11 Å². The van der Waals surface area contributed by atoms with Crippen LogP contribution in [-0.4, -0.2) is 35.4 Å². The van der Waals surface area contributed by atoms with Crippen LogP contribution in [0.4, 0.5) is 0 Å². The van der Waals surface area contributed by atoms with Crippen molar-refractivity contribution in [2.75, 3.05) is 19.6 Å². The predicted molar refractivity (Wildman–Crippen MR) is 71.7 cm³/mol. The van der Waals surface area contributed by atoms with E-state index in [-0.39, 0.29) is 5.78 Å². The average Bonchev–Trinajstić information content (AvgIpc) is 2.31. The highest BCUT2D eigenvalue weighted by Gasteiger charge is 2.20. The summed E-state index contributed by atoms with van der Waals surface area (Å²) in [4.78, 5) is 13.3. The van der Waals surface area contributed by atoms with Crippen molar-refractivity contribution in [2.24, 2.45) is 5.92 Å². The van der Waals surface area contributed by atoms with Gasteiger partial charge in [-0.3, -0.25) is 9.69 Å². The molecule has 0 atom stereocenters. The zero-order valence-corrected chi connectivity index (χ0v) is 10.9. The molecule has 1 fully saturated rings. The van der Waals surface area contributed by atoms with Crippen LogP contribution in [0, 0.1) is 5.92 Å². The molecule has 3 heteroatoms. The third-order valence-electron chi connectivity index (χ3n) is 3.59. The molecule has 0 aromatic heterocycles. The molecule has 1 aliphatic heterocycles. The van der Waals surface area contributed by atoms with Gasteiger partial charge in [0.1, 0.15) is 11.5 Å². The summed E-state index contributed by atoms with van der Waals surface area (Å²) in [7, 11) is 0. The molecule has 1 saturated heterocycles. The van der Waals surface area contributed by atoms with Gasteiger partial charge in [-0.25, -0.2) is 0 Å². The van der Waals surface area contributed by atoms with E-state index in [0.717, 1.165) is 32.4 Å². The van der Waals surface area contributed by atoms with Crippen molar-refractivity contribution >= 4 is 5.78 Å². The smallest absolute Gasteiger partial charge is 0.143 e. The zero-order chi connectivity index (χ0) is 13.0. The van der Waals surface area contributed by atoms with Crippen LogP contribution in [0.15, 0.2) is 24.3 Å². The lowest BCUT2D eigenvalue weighted by molar-refractivity contribution is -0.118. The van der Waals surface area contributed by atoms with Crippen LogP contribution in [0.2, 0.25) is 0 Å². The van der Waals surface area contributed by atoms with Gasteiger partial charge in [-0.2, -0.15) is 0 Å². The molecule has 98 valence electrons. The van der Waals surface area contributed by atoms with Crippen LogP contribution in [0.3, 0.4) is 0 Å². The number of phenols is 1. The van der Waals surface area contributed by atoms with E-state index in [1.54, 1.807) is 13.0 Å². The van der Waals surface area contributed by atoms with E-state index >= 15 is 0 Å². The van der Waals surface area contributed by atoms with Crippen LogP contribution in [0.25, 0.3) is 0 Å². The predicted octanol–water partition coefficient (Wildman–Crippen LogP) is 2.24. The third kappa shape index (κ3) is 3.84. The molecule has 1 heterocycles. The Morgan fingerprint density at radius 2 is 2.11 bits per heavy atom. The molecule has 0 unspecified atom stereocenters. The van der Waals surface area contributed by atoms with Gasteiger partial charge in [-0.15, -0.1) is 0 Å². The number of aromatic hydroxyl groups is 1. The first-order chi connectivity index (χ1) is 8.63. The van der Waals surface area contributed by atoms with E-state index in [4.69, 9.17) is 0 Å². The Hall–Kier alpha value is -1.35. The van der Waals surface area contributed by atoms with Gasteiger partial charge in [0.05, 0.1) is 6.54 Å². The van der Waals surface area contributed by atoms with Crippen molar-refractivity contribution in [1.29, 1.82) is 0 Å². The largest absolute Gasteiger partial charge is 0.508 e. The number of nitrogens with zero attached hydrogens (tertiary/aromatic N) is 1. The highest BCUT2D eigenvalue weighted by Crippen LogP contribution is 2.23. The standard InChI is InChI=1S/C15H21NO2/c1-12(17)11-16-7-5-13(6-8-16)9-14-3-2-4-15(18)10-14/h2-4,10,13,18H,5-9,11H2,1H3. The zero-order valence-electron chi connectivity index (χ0n) is 10.9. The minimum Gasteiger partial charge on any atom is -0.508 e. The van der Waals surface area contributed by atoms with Crippen molar-refractivity contribution in [3.05, 3.63) is 29.8 Å². The van der Waals surface area contributed by atoms with Crippen LogP contribution in [-0.2, 0) is 11.2 Å². The molecule has 18 heavy (non-hydrogen) atoms. The Morgan fingerprint density at radius 1 is 1.39 bits per heavy atom. The number of ketones is 1. The molecule has 1 aliphatic rings. The van der Waals surface area contributed by atoms with E-state index < -0.39 is 0 Å². The Bertz CT molecular complexity index is 409. The van der Waals surface area contributed by atoms with Crippen LogP contribution in [0.1, 0.15) is 25.3 Å². The number of carbonyl (C=O) groups excluding carboxylic acids is 1. The maximum Gasteiger partial charge on any atom is 0.143 e. The maximum atomic E-state index is 11.1. The van der Waals surface area contributed by atoms with E-state index in [2.05, 4.69) is 11.0 Å². The topological polar surface area (TPSA) is 40.5 Å². The lowest BCUT2D eigenvalue weighted by Gasteiger charge is -2.31. The van der Waals surface area contributed by atoms with Crippen molar-refractivity contribution in [2.45, 2.75) is 26.2 Å². The van der Waals surface area contributed by atoms with Gasteiger partial charge in [0.25, 0.3) is 0 Å². The van der Waals surface area contributed by atoms with Gasteiger partial charge in [0.2, 0.25) is 0 Å². The second-order valence-corrected chi connectivity index (χ2v) is 5.30. The number of hydrogen-bond donors (Lipinski definition) is 1. The molecule has 2 rings (SSSR count). The van der Waals surface area contributed by atoms with Crippen molar-refractivity contribution < 1.29 is 9.90 Å². The molecule has 1 N–H and O–H groups in total. The molecule has 1 aromatic carbocycles. The number of benzene rings is 1. The molecule has 0 amide bonds. The van der Waals surface area contributed by atoms with Crippen LogP contribution < -0.4 is 0 Å². The summed E-state index contributed by atoms with van der Waals surface area (Å²) in [5.41, 5.74) is 1.21. The van der Waals surface area contributed by atoms with Crippen LogP contribution >= 0.6 is 0 Å². The Labute approximate surface area is 108 Å². The van der Waals surface area contributed by atoms with E-state index in [1.165, 1.54) is 5.56 Å². The van der Waals surface area contributed by atoms with Gasteiger partial charge >= 0.3 is 0 Å². The Balaban J connectivity index is 1.81. The van der Waals surface area contributed by atoms with Gasteiger partial charge in [-0.1, -0.05) is 12.1 Å². The summed E-state index contributed by atoms with van der Waals surface area (Å²) in [6.45, 7) is 4.28. The first-order valence-corrected chi connectivity index (χ1v) is 6.63. The summed E-state index contributed by atoms with van der Waals surface area (Å²) in [5.74, 6) is 1.28. The molecule has 0 saturated carbocycles. The molecule has 0 spiro atoms. The molecular weight excluding hydrogens is 226 g/mol. The molecule has 0 aliphatic carbocycles. The summed E-state index contributed by atoms with van der Waals surface area (Å²) < 4.78 is 0. The minimum absolute atomic E-state index is 0.251. The minimum atomic E-state index is 0.251. The fourth-order valence-corrected chi connectivity index (χ4v) is 2.68. The number of Topliss-reactive ketones (excluding diaryl/α,β-unsaturated/α-hetero) is 1. The highest BCUT2D eigenvalue weighted by molar-refractivity contribution is 5.77. The summed E-state index contributed by atoms with van der Waals surface area (Å²) >= 11 is 0. The molecule has 1 aromatic rings. The normalized spacial score (nSPS) is 17.8. The van der Waals surface area contributed by atoms with Gasteiger partial charge in [-0.05, 0) is 62.9 Å². The lowest BCUT2D eigenvalue weighted by Crippen LogP contribution is -2.37. The van der Waals surface area contributed by atoms with Crippen molar-refractivity contribution in [3.8, 4) is 5.75 Å². The Morgan fingerprint density at radius 3 is 2.72 bits per heavy atom. The number of phenolic OH excluding ortho intramolecular Hbond substituents is 1. The summed E-state index contributed by atoms with van der Waals surface area (Å²) in [6, 6.07) is 7.53. The number of piperidine rings is 1. The first kappa shape index (κ1) is 13.1. The Kier molecular flexibility index (Phi) is 4.37. The fourth-order valence-electron chi connectivity index (χ4n) is 2.68. The van der Waals surface area contributed by atoms with E-state index in [0.29, 0.717) is 18.2 Å². The average molecular weight is 247 g/mol. The van der Waals surface area contributed by atoms with Crippen molar-refractivity contribution in [3.63, 3.8) is 0 Å². The third-order valence-corrected chi connectivity index (χ3v) is 3.59. The second-order valence-electron chi connectivity index (χ2n) is 5.30. The van der Waals surface area contributed by atoms with Crippen molar-refractivity contribution in [1.82, 2.24) is 4.90 Å². The molecule has 0 radical (unpaired) electrons. The van der Waals surface area contributed by atoms with Crippen LogP contribution in [0.5, 0.6) is 5.75 Å². The maximum absolute atomic E-state index is 11.1. The molecule has 3 nitrogen and oxygen atoms in total. The molecule has 0 bridgehead atoms. The number of hydrogen-bond acceptors (Lipinski definition) is 3. The first-order valence-electron chi connectivity index (χ1n) is 6.63. The van der Waals surface area contributed by atoms with E-state index in [9.17, 15) is 9.90 Å². The molecular formula is C15H21NO2. The summed E-state index contributed by atoms with van der Waals surface area (Å²) in [5, 5.41) is 9.44. The van der Waals surface area contributed by atoms with Gasteiger partial charge in [0, 0.05) is 0 Å². The SMILES string of the molecule is CC(=O)CN1CCC(Cc2cccc(O)c2)CC1.